The molecule has 3 rings (SSSR count). The second-order valence-corrected chi connectivity index (χ2v) is 4.45. The summed E-state index contributed by atoms with van der Waals surface area (Å²) < 4.78 is 7.03. The van der Waals surface area contributed by atoms with Crippen molar-refractivity contribution in [2.75, 3.05) is 26.7 Å². The van der Waals surface area contributed by atoms with Crippen molar-refractivity contribution in [3.63, 3.8) is 0 Å². The number of likely N-dealkylation sites (N-methyl/N-ethyl adjacent to an activating group) is 1. The molecule has 3 heterocycles. The average molecular weight is 285 g/mol. The van der Waals surface area contributed by atoms with E-state index in [4.69, 9.17) is 4.52 Å². The van der Waals surface area contributed by atoms with Crippen molar-refractivity contribution < 1.29 is 4.52 Å². The fourth-order valence-corrected chi connectivity index (χ4v) is 2.09. The highest BCUT2D eigenvalue weighted by Gasteiger charge is 2.25. The third-order valence-corrected chi connectivity index (χ3v) is 3.15. The number of nitrogens with zero attached hydrogens (tertiary/aromatic N) is 5. The summed E-state index contributed by atoms with van der Waals surface area (Å²) in [6, 6.07) is 2.06. The maximum Gasteiger partial charge on any atom is 0.248 e. The number of hydrogen-bond acceptors (Lipinski definition) is 6. The van der Waals surface area contributed by atoms with Gasteiger partial charge in [0.15, 0.2) is 5.82 Å². The maximum atomic E-state index is 5.26. The number of halogens is 1. The van der Waals surface area contributed by atoms with E-state index >= 15 is 0 Å². The highest BCUT2D eigenvalue weighted by molar-refractivity contribution is 5.85. The summed E-state index contributed by atoms with van der Waals surface area (Å²) in [6.45, 7) is 3.37. The van der Waals surface area contributed by atoms with Crippen molar-refractivity contribution in [1.82, 2.24) is 30.1 Å². The Labute approximate surface area is 117 Å². The van der Waals surface area contributed by atoms with E-state index in [1.807, 2.05) is 12.3 Å². The summed E-state index contributed by atoms with van der Waals surface area (Å²) in [7, 11) is 2.08. The molecule has 0 bridgehead atoms. The predicted molar refractivity (Wildman–Crippen MR) is 71.1 cm³/mol. The van der Waals surface area contributed by atoms with E-state index in [2.05, 4.69) is 32.5 Å². The minimum Gasteiger partial charge on any atom is -0.337 e. The zero-order valence-corrected chi connectivity index (χ0v) is 11.5. The summed E-state index contributed by atoms with van der Waals surface area (Å²) in [6.07, 6.45) is 3.61. The van der Waals surface area contributed by atoms with Gasteiger partial charge in [-0.05, 0) is 13.1 Å². The summed E-state index contributed by atoms with van der Waals surface area (Å²) >= 11 is 0. The van der Waals surface area contributed by atoms with Crippen LogP contribution >= 0.6 is 12.4 Å². The lowest BCUT2D eigenvalue weighted by Crippen LogP contribution is -2.44. The van der Waals surface area contributed by atoms with Gasteiger partial charge >= 0.3 is 0 Å². The van der Waals surface area contributed by atoms with Crippen molar-refractivity contribution in [2.24, 2.45) is 0 Å². The van der Waals surface area contributed by atoms with Crippen molar-refractivity contribution in [1.29, 1.82) is 0 Å². The molecular weight excluding hydrogens is 268 g/mol. The predicted octanol–water partition coefficient (Wildman–Crippen LogP) is 0.312. The first-order valence-corrected chi connectivity index (χ1v) is 6.04. The van der Waals surface area contributed by atoms with Crippen LogP contribution in [-0.4, -0.2) is 51.5 Å². The van der Waals surface area contributed by atoms with Gasteiger partial charge in [0.05, 0.1) is 6.04 Å². The van der Waals surface area contributed by atoms with E-state index in [-0.39, 0.29) is 18.4 Å². The molecule has 1 aliphatic heterocycles. The van der Waals surface area contributed by atoms with E-state index in [0.29, 0.717) is 12.4 Å². The molecular formula is C11H17ClN6O. The number of piperazine rings is 1. The first kappa shape index (κ1) is 14.0. The van der Waals surface area contributed by atoms with Crippen LogP contribution in [-0.2, 0) is 6.54 Å². The molecule has 1 saturated heterocycles. The Morgan fingerprint density at radius 2 is 2.42 bits per heavy atom. The van der Waals surface area contributed by atoms with Gasteiger partial charge in [-0.2, -0.15) is 10.1 Å². The van der Waals surface area contributed by atoms with Crippen LogP contribution in [0.1, 0.15) is 17.8 Å². The monoisotopic (exact) mass is 284 g/mol. The Kier molecular flexibility index (Phi) is 4.52. The molecule has 0 amide bonds. The van der Waals surface area contributed by atoms with E-state index < -0.39 is 0 Å². The fraction of sp³-hybridized carbons (Fsp3) is 0.545. The summed E-state index contributed by atoms with van der Waals surface area (Å²) in [5, 5.41) is 11.5. The molecule has 2 aromatic rings. The van der Waals surface area contributed by atoms with Gasteiger partial charge < -0.3 is 9.84 Å². The lowest BCUT2D eigenvalue weighted by atomic mass is 10.2. The number of aromatic nitrogens is 4. The van der Waals surface area contributed by atoms with Crippen LogP contribution in [0.5, 0.6) is 0 Å². The molecule has 1 aliphatic rings. The molecule has 8 heteroatoms. The Balaban J connectivity index is 0.00000133. The quantitative estimate of drug-likeness (QED) is 0.875. The molecule has 1 atom stereocenters. The van der Waals surface area contributed by atoms with Crippen LogP contribution in [0.4, 0.5) is 0 Å². The second-order valence-electron chi connectivity index (χ2n) is 4.45. The lowest BCUT2D eigenvalue weighted by molar-refractivity contribution is 0.190. The molecule has 0 aromatic carbocycles. The van der Waals surface area contributed by atoms with Gasteiger partial charge in [-0.25, -0.2) is 0 Å². The second kappa shape index (κ2) is 6.14. The molecule has 1 N–H and O–H groups in total. The van der Waals surface area contributed by atoms with Crippen LogP contribution < -0.4 is 5.32 Å². The highest BCUT2D eigenvalue weighted by Crippen LogP contribution is 2.17. The van der Waals surface area contributed by atoms with Gasteiger partial charge in [-0.15, -0.1) is 12.4 Å². The van der Waals surface area contributed by atoms with Crippen molar-refractivity contribution in [3.8, 4) is 0 Å². The Hall–Kier alpha value is -1.44. The van der Waals surface area contributed by atoms with E-state index in [9.17, 15) is 0 Å². The van der Waals surface area contributed by atoms with Crippen LogP contribution in [0, 0.1) is 0 Å². The van der Waals surface area contributed by atoms with Gasteiger partial charge in [0.25, 0.3) is 0 Å². The zero-order chi connectivity index (χ0) is 12.4. The third kappa shape index (κ3) is 3.12. The minimum atomic E-state index is 0. The Morgan fingerprint density at radius 1 is 1.53 bits per heavy atom. The summed E-state index contributed by atoms with van der Waals surface area (Å²) in [5.41, 5.74) is 0. The maximum absolute atomic E-state index is 5.26. The molecule has 7 nitrogen and oxygen atoms in total. The molecule has 0 saturated carbocycles. The number of nitrogens with one attached hydrogen (secondary N) is 1. The van der Waals surface area contributed by atoms with E-state index in [0.717, 1.165) is 25.5 Å². The summed E-state index contributed by atoms with van der Waals surface area (Å²) in [4.78, 5) is 6.67. The molecule has 1 fully saturated rings. The first-order chi connectivity index (χ1) is 8.83. The zero-order valence-electron chi connectivity index (χ0n) is 10.7. The van der Waals surface area contributed by atoms with Gasteiger partial charge in [-0.1, -0.05) is 5.16 Å². The SMILES string of the molecule is CN1CCNCC1c1noc(Cn2cccn2)n1.Cl. The number of hydrogen-bond donors (Lipinski definition) is 1. The van der Waals surface area contributed by atoms with Crippen molar-refractivity contribution in [3.05, 3.63) is 30.2 Å². The van der Waals surface area contributed by atoms with Gasteiger partial charge in [-0.3, -0.25) is 9.58 Å². The molecule has 2 aromatic heterocycles. The van der Waals surface area contributed by atoms with Gasteiger partial charge in [0.2, 0.25) is 5.89 Å². The van der Waals surface area contributed by atoms with E-state index in [1.54, 1.807) is 10.9 Å². The van der Waals surface area contributed by atoms with Crippen LogP contribution in [0.15, 0.2) is 23.0 Å². The van der Waals surface area contributed by atoms with Crippen molar-refractivity contribution in [2.45, 2.75) is 12.6 Å². The average Bonchev–Trinajstić information content (AvgIpc) is 3.02. The van der Waals surface area contributed by atoms with Crippen LogP contribution in [0.2, 0.25) is 0 Å². The first-order valence-electron chi connectivity index (χ1n) is 6.04. The van der Waals surface area contributed by atoms with Crippen molar-refractivity contribution >= 4 is 12.4 Å². The molecule has 104 valence electrons. The minimum absolute atomic E-state index is 0. The molecule has 19 heavy (non-hydrogen) atoms. The Bertz CT molecular complexity index is 499. The molecule has 0 aliphatic carbocycles. The van der Waals surface area contributed by atoms with Crippen LogP contribution in [0.3, 0.4) is 0 Å². The number of rotatable bonds is 3. The van der Waals surface area contributed by atoms with Gasteiger partial charge in [0, 0.05) is 32.0 Å². The molecule has 0 spiro atoms. The molecule has 0 radical (unpaired) electrons. The third-order valence-electron chi connectivity index (χ3n) is 3.15. The topological polar surface area (TPSA) is 72.0 Å². The summed E-state index contributed by atoms with van der Waals surface area (Å²) in [5.74, 6) is 1.33. The lowest BCUT2D eigenvalue weighted by Gasteiger charge is -2.30. The normalized spacial score (nSPS) is 20.2. The largest absolute Gasteiger partial charge is 0.337 e. The Morgan fingerprint density at radius 3 is 3.16 bits per heavy atom. The van der Waals surface area contributed by atoms with Gasteiger partial charge in [0.1, 0.15) is 6.54 Å². The van der Waals surface area contributed by atoms with Crippen LogP contribution in [0.25, 0.3) is 0 Å². The molecule has 1 unspecified atom stereocenters. The standard InChI is InChI=1S/C11H16N6O.ClH/c1-16-6-4-12-7-9(16)11-14-10(18-15-11)8-17-5-2-3-13-17;/h2-3,5,9,12H,4,6-8H2,1H3;1H. The fourth-order valence-electron chi connectivity index (χ4n) is 2.09. The smallest absolute Gasteiger partial charge is 0.248 e. The highest BCUT2D eigenvalue weighted by atomic mass is 35.5. The van der Waals surface area contributed by atoms with E-state index in [1.165, 1.54) is 0 Å².